The van der Waals surface area contributed by atoms with Crippen molar-refractivity contribution in [2.45, 2.75) is 40.3 Å². The van der Waals surface area contributed by atoms with Crippen molar-refractivity contribution in [1.82, 2.24) is 14.9 Å². The van der Waals surface area contributed by atoms with Crippen LogP contribution in [0.15, 0.2) is 42.5 Å². The molecule has 1 amide bonds. The molecule has 1 heterocycles. The van der Waals surface area contributed by atoms with Gasteiger partial charge in [-0.1, -0.05) is 29.8 Å². The van der Waals surface area contributed by atoms with Gasteiger partial charge in [0.1, 0.15) is 18.2 Å². The molecule has 0 spiro atoms. The van der Waals surface area contributed by atoms with Gasteiger partial charge in [-0.25, -0.2) is 4.98 Å². The third-order valence-corrected chi connectivity index (χ3v) is 4.39. The second kappa shape index (κ2) is 7.60. The number of hydrogen-bond donors (Lipinski definition) is 1. The number of carbonyl (C=O) groups excluding carboxylic acids is 1. The molecule has 5 heteroatoms. The number of nitrogens with zero attached hydrogens (tertiary/aromatic N) is 2. The highest BCUT2D eigenvalue weighted by molar-refractivity contribution is 5.77. The predicted octanol–water partition coefficient (Wildman–Crippen LogP) is 3.93. The maximum absolute atomic E-state index is 11.4. The lowest BCUT2D eigenvalue weighted by atomic mass is 10.1. The van der Waals surface area contributed by atoms with Gasteiger partial charge >= 0.3 is 0 Å². The van der Waals surface area contributed by atoms with Gasteiger partial charge < -0.3 is 14.6 Å². The molecule has 136 valence electrons. The third-order valence-electron chi connectivity index (χ3n) is 4.39. The number of hydrogen-bond acceptors (Lipinski definition) is 3. The van der Waals surface area contributed by atoms with Gasteiger partial charge in [0.25, 0.3) is 0 Å². The van der Waals surface area contributed by atoms with Gasteiger partial charge in [0.2, 0.25) is 5.91 Å². The Morgan fingerprint density at radius 2 is 2.00 bits per heavy atom. The molecule has 0 aliphatic carbocycles. The summed E-state index contributed by atoms with van der Waals surface area (Å²) in [6, 6.07) is 14.0. The molecule has 0 bridgehead atoms. The average molecular weight is 351 g/mol. The topological polar surface area (TPSA) is 56.2 Å². The number of para-hydroxylation sites is 2. The molecule has 26 heavy (non-hydrogen) atoms. The van der Waals surface area contributed by atoms with Crippen molar-refractivity contribution in [3.05, 3.63) is 59.4 Å². The van der Waals surface area contributed by atoms with E-state index >= 15 is 0 Å². The summed E-state index contributed by atoms with van der Waals surface area (Å²) < 4.78 is 8.12. The van der Waals surface area contributed by atoms with Crippen LogP contribution in [0.1, 0.15) is 36.8 Å². The van der Waals surface area contributed by atoms with Crippen LogP contribution in [-0.2, 0) is 11.3 Å². The zero-order valence-corrected chi connectivity index (χ0v) is 15.7. The largest absolute Gasteiger partial charge is 0.491 e. The number of aromatic nitrogens is 2. The monoisotopic (exact) mass is 351 g/mol. The summed E-state index contributed by atoms with van der Waals surface area (Å²) in [6.45, 7) is 8.79. The van der Waals surface area contributed by atoms with Crippen molar-refractivity contribution >= 4 is 16.9 Å². The Hall–Kier alpha value is -2.82. The lowest BCUT2D eigenvalue weighted by Gasteiger charge is -2.16. The van der Waals surface area contributed by atoms with Crippen LogP contribution in [0, 0.1) is 13.8 Å². The maximum atomic E-state index is 11.4. The van der Waals surface area contributed by atoms with Gasteiger partial charge in [0.05, 0.1) is 23.6 Å². The highest BCUT2D eigenvalue weighted by Crippen LogP contribution is 2.22. The van der Waals surface area contributed by atoms with Gasteiger partial charge in [-0.15, -0.1) is 0 Å². The van der Waals surface area contributed by atoms with Crippen molar-refractivity contribution in [2.24, 2.45) is 0 Å². The van der Waals surface area contributed by atoms with Crippen LogP contribution in [-0.4, -0.2) is 22.1 Å². The maximum Gasteiger partial charge on any atom is 0.217 e. The number of benzene rings is 2. The summed E-state index contributed by atoms with van der Waals surface area (Å²) in [5.41, 5.74) is 4.32. The van der Waals surface area contributed by atoms with Crippen molar-refractivity contribution in [3.8, 4) is 5.75 Å². The van der Waals surface area contributed by atoms with Gasteiger partial charge in [-0.2, -0.15) is 0 Å². The van der Waals surface area contributed by atoms with Crippen LogP contribution in [0.2, 0.25) is 0 Å². The molecule has 2 aromatic carbocycles. The molecule has 1 unspecified atom stereocenters. The number of imidazole rings is 1. The van der Waals surface area contributed by atoms with E-state index in [1.807, 2.05) is 37.3 Å². The summed E-state index contributed by atoms with van der Waals surface area (Å²) in [6.07, 6.45) is 0. The van der Waals surface area contributed by atoms with Gasteiger partial charge in [0, 0.05) is 6.92 Å². The molecule has 3 rings (SSSR count). The van der Waals surface area contributed by atoms with Crippen LogP contribution in [0.25, 0.3) is 11.0 Å². The van der Waals surface area contributed by atoms with Crippen molar-refractivity contribution in [2.75, 3.05) is 6.61 Å². The van der Waals surface area contributed by atoms with E-state index < -0.39 is 0 Å². The van der Waals surface area contributed by atoms with E-state index in [2.05, 4.69) is 35.9 Å². The molecular weight excluding hydrogens is 326 g/mol. The molecule has 0 saturated carbocycles. The summed E-state index contributed by atoms with van der Waals surface area (Å²) in [5.74, 6) is 1.67. The fourth-order valence-electron chi connectivity index (χ4n) is 3.24. The summed E-state index contributed by atoms with van der Waals surface area (Å²) in [5, 5.41) is 2.92. The molecule has 1 N–H and O–H groups in total. The second-order valence-corrected chi connectivity index (χ2v) is 6.65. The first-order chi connectivity index (χ1) is 12.5. The Morgan fingerprint density at radius 3 is 2.73 bits per heavy atom. The molecule has 0 aliphatic heterocycles. The Kier molecular flexibility index (Phi) is 5.26. The Labute approximate surface area is 154 Å². The molecule has 5 nitrogen and oxygen atoms in total. The molecule has 1 aromatic heterocycles. The van der Waals surface area contributed by atoms with Crippen molar-refractivity contribution in [3.63, 3.8) is 0 Å². The third kappa shape index (κ3) is 3.87. The van der Waals surface area contributed by atoms with E-state index in [1.54, 1.807) is 0 Å². The number of ether oxygens (including phenoxy) is 1. The van der Waals surface area contributed by atoms with E-state index in [4.69, 9.17) is 9.72 Å². The normalized spacial score (nSPS) is 12.2. The van der Waals surface area contributed by atoms with Crippen LogP contribution in [0.4, 0.5) is 0 Å². The fraction of sp³-hybridized carbons (Fsp3) is 0.333. The number of rotatable bonds is 6. The van der Waals surface area contributed by atoms with Crippen LogP contribution >= 0.6 is 0 Å². The number of aryl methyl sites for hydroxylation is 2. The first kappa shape index (κ1) is 18.0. The van der Waals surface area contributed by atoms with Crippen LogP contribution < -0.4 is 10.1 Å². The highest BCUT2D eigenvalue weighted by Gasteiger charge is 2.17. The van der Waals surface area contributed by atoms with Gasteiger partial charge in [-0.05, 0) is 44.5 Å². The minimum atomic E-state index is -0.166. The quantitative estimate of drug-likeness (QED) is 0.732. The zero-order valence-electron chi connectivity index (χ0n) is 15.7. The van der Waals surface area contributed by atoms with E-state index in [0.29, 0.717) is 13.2 Å². The number of nitrogens with one attached hydrogen (secondary N) is 1. The Balaban J connectivity index is 1.82. The highest BCUT2D eigenvalue weighted by atomic mass is 16.5. The lowest BCUT2D eigenvalue weighted by molar-refractivity contribution is -0.119. The SMILES string of the molecule is CC(=O)NC(C)c1nc2ccccc2n1CCOc1ccc(C)cc1C. The molecule has 0 saturated heterocycles. The molecule has 0 aliphatic rings. The molecule has 0 radical (unpaired) electrons. The van der Waals surface area contributed by atoms with Gasteiger partial charge in [0.15, 0.2) is 0 Å². The summed E-state index contributed by atoms with van der Waals surface area (Å²) >= 11 is 0. The van der Waals surface area contributed by atoms with Crippen LogP contribution in [0.5, 0.6) is 5.75 Å². The number of amides is 1. The smallest absolute Gasteiger partial charge is 0.217 e. The minimum Gasteiger partial charge on any atom is -0.491 e. The van der Waals surface area contributed by atoms with Crippen LogP contribution in [0.3, 0.4) is 0 Å². The van der Waals surface area contributed by atoms with E-state index in [0.717, 1.165) is 28.2 Å². The zero-order chi connectivity index (χ0) is 18.7. The lowest BCUT2D eigenvalue weighted by Crippen LogP contribution is -2.27. The van der Waals surface area contributed by atoms with E-state index in [-0.39, 0.29) is 11.9 Å². The minimum absolute atomic E-state index is 0.0670. The van der Waals surface area contributed by atoms with E-state index in [1.165, 1.54) is 12.5 Å². The second-order valence-electron chi connectivity index (χ2n) is 6.65. The Bertz CT molecular complexity index is 930. The number of fused-ring (bicyclic) bond motifs is 1. The summed E-state index contributed by atoms with van der Waals surface area (Å²) in [7, 11) is 0. The molecular formula is C21H25N3O2. The number of carbonyl (C=O) groups is 1. The average Bonchev–Trinajstić information content (AvgIpc) is 2.95. The molecule has 3 aromatic rings. The summed E-state index contributed by atoms with van der Waals surface area (Å²) in [4.78, 5) is 16.2. The van der Waals surface area contributed by atoms with E-state index in [9.17, 15) is 4.79 Å². The fourth-order valence-corrected chi connectivity index (χ4v) is 3.24. The van der Waals surface area contributed by atoms with Crippen molar-refractivity contribution < 1.29 is 9.53 Å². The van der Waals surface area contributed by atoms with Gasteiger partial charge in [-0.3, -0.25) is 4.79 Å². The molecule has 0 fully saturated rings. The predicted molar refractivity (Wildman–Crippen MR) is 103 cm³/mol. The Morgan fingerprint density at radius 1 is 1.23 bits per heavy atom. The standard InChI is InChI=1S/C21H25N3O2/c1-14-9-10-20(15(2)13-14)26-12-11-24-19-8-6-5-7-18(19)23-21(24)16(3)22-17(4)25/h5-10,13,16H,11-12H2,1-4H3,(H,22,25). The van der Waals surface area contributed by atoms with Crippen molar-refractivity contribution in [1.29, 1.82) is 0 Å². The molecule has 1 atom stereocenters. The first-order valence-electron chi connectivity index (χ1n) is 8.88. The first-order valence-corrected chi connectivity index (χ1v) is 8.88.